The number of aliphatic hydroxyl groups excluding tert-OH is 2. The molecule has 3 N–H and O–H groups in total. The highest BCUT2D eigenvalue weighted by Gasteiger charge is 2.21. The molecular formula is C13H19NO2. The first-order valence-corrected chi connectivity index (χ1v) is 5.90. The normalized spacial score (nSPS) is 19.8. The topological polar surface area (TPSA) is 52.5 Å². The maximum absolute atomic E-state index is 9.08. The van der Waals surface area contributed by atoms with Crippen LogP contribution in [-0.2, 0) is 6.42 Å². The second-order valence-corrected chi connectivity index (χ2v) is 4.37. The number of fused-ring (bicyclic) bond motifs is 1. The first-order valence-electron chi connectivity index (χ1n) is 5.90. The van der Waals surface area contributed by atoms with Crippen molar-refractivity contribution in [3.8, 4) is 0 Å². The summed E-state index contributed by atoms with van der Waals surface area (Å²) in [6.45, 7) is -0.0374. The summed E-state index contributed by atoms with van der Waals surface area (Å²) in [5, 5.41) is 21.5. The quantitative estimate of drug-likeness (QED) is 0.711. The van der Waals surface area contributed by atoms with Crippen molar-refractivity contribution < 1.29 is 10.2 Å². The lowest BCUT2D eigenvalue weighted by molar-refractivity contribution is 0.159. The van der Waals surface area contributed by atoms with Gasteiger partial charge < -0.3 is 15.5 Å². The van der Waals surface area contributed by atoms with Gasteiger partial charge in [-0.1, -0.05) is 24.3 Å². The maximum atomic E-state index is 9.08. The van der Waals surface area contributed by atoms with Crippen LogP contribution >= 0.6 is 0 Å². The Labute approximate surface area is 96.1 Å². The predicted octanol–water partition coefficient (Wildman–Crippen LogP) is 1.01. The monoisotopic (exact) mass is 221 g/mol. The summed E-state index contributed by atoms with van der Waals surface area (Å²) < 4.78 is 0. The molecule has 0 heterocycles. The van der Waals surface area contributed by atoms with Gasteiger partial charge in [0.2, 0.25) is 0 Å². The van der Waals surface area contributed by atoms with Crippen LogP contribution in [0.15, 0.2) is 24.3 Å². The molecule has 0 aromatic heterocycles. The van der Waals surface area contributed by atoms with Crippen LogP contribution in [0.1, 0.15) is 30.0 Å². The number of benzene rings is 1. The molecule has 0 saturated heterocycles. The van der Waals surface area contributed by atoms with Crippen molar-refractivity contribution in [3.63, 3.8) is 0 Å². The van der Waals surface area contributed by atoms with Gasteiger partial charge in [-0.2, -0.15) is 0 Å². The summed E-state index contributed by atoms with van der Waals surface area (Å²) >= 11 is 0. The molecule has 3 heteroatoms. The van der Waals surface area contributed by atoms with Crippen molar-refractivity contribution in [1.82, 2.24) is 5.32 Å². The van der Waals surface area contributed by atoms with E-state index >= 15 is 0 Å². The van der Waals surface area contributed by atoms with E-state index in [1.807, 2.05) is 6.07 Å². The molecule has 1 aliphatic carbocycles. The average Bonchev–Trinajstić information content (AvgIpc) is 2.36. The Kier molecular flexibility index (Phi) is 3.93. The molecule has 16 heavy (non-hydrogen) atoms. The number of rotatable bonds is 4. The first kappa shape index (κ1) is 11.6. The van der Waals surface area contributed by atoms with Crippen molar-refractivity contribution in [2.24, 2.45) is 0 Å². The van der Waals surface area contributed by atoms with Gasteiger partial charge in [-0.15, -0.1) is 0 Å². The zero-order chi connectivity index (χ0) is 11.4. The molecule has 0 fully saturated rings. The second-order valence-electron chi connectivity index (χ2n) is 4.37. The van der Waals surface area contributed by atoms with Crippen molar-refractivity contribution in [1.29, 1.82) is 0 Å². The van der Waals surface area contributed by atoms with E-state index in [2.05, 4.69) is 23.5 Å². The highest BCUT2D eigenvalue weighted by molar-refractivity contribution is 5.32. The lowest BCUT2D eigenvalue weighted by Gasteiger charge is -2.29. The van der Waals surface area contributed by atoms with Crippen LogP contribution < -0.4 is 5.32 Å². The van der Waals surface area contributed by atoms with Crippen LogP contribution in [-0.4, -0.2) is 29.5 Å². The Morgan fingerprint density at radius 1 is 1.25 bits per heavy atom. The molecule has 0 aliphatic heterocycles. The van der Waals surface area contributed by atoms with E-state index in [1.165, 1.54) is 11.1 Å². The molecule has 3 nitrogen and oxygen atoms in total. The van der Waals surface area contributed by atoms with Crippen molar-refractivity contribution in [2.45, 2.75) is 31.3 Å². The minimum absolute atomic E-state index is 0.0187. The van der Waals surface area contributed by atoms with E-state index in [-0.39, 0.29) is 25.3 Å². The Hall–Kier alpha value is -0.900. The van der Waals surface area contributed by atoms with Gasteiger partial charge in [-0.25, -0.2) is 0 Å². The molecule has 1 aromatic carbocycles. The molecular weight excluding hydrogens is 202 g/mol. The van der Waals surface area contributed by atoms with Gasteiger partial charge in [0.1, 0.15) is 0 Å². The Morgan fingerprint density at radius 2 is 2.00 bits per heavy atom. The smallest absolute Gasteiger partial charge is 0.0607 e. The van der Waals surface area contributed by atoms with E-state index in [9.17, 15) is 0 Å². The lowest BCUT2D eigenvalue weighted by Crippen LogP contribution is -2.39. The van der Waals surface area contributed by atoms with Gasteiger partial charge in [0, 0.05) is 6.04 Å². The van der Waals surface area contributed by atoms with Crippen LogP contribution in [0.4, 0.5) is 0 Å². The zero-order valence-corrected chi connectivity index (χ0v) is 9.39. The summed E-state index contributed by atoms with van der Waals surface area (Å²) in [4.78, 5) is 0. The van der Waals surface area contributed by atoms with Crippen molar-refractivity contribution in [3.05, 3.63) is 35.4 Å². The molecule has 1 unspecified atom stereocenters. The minimum Gasteiger partial charge on any atom is -0.395 e. The highest BCUT2D eigenvalue weighted by atomic mass is 16.3. The molecule has 2 rings (SSSR count). The van der Waals surface area contributed by atoms with Crippen LogP contribution in [0.3, 0.4) is 0 Å². The van der Waals surface area contributed by atoms with Gasteiger partial charge in [-0.05, 0) is 30.4 Å². The molecule has 1 aliphatic rings. The number of hydrogen-bond donors (Lipinski definition) is 3. The molecule has 88 valence electrons. The van der Waals surface area contributed by atoms with Crippen molar-refractivity contribution in [2.75, 3.05) is 13.2 Å². The molecule has 0 amide bonds. The minimum atomic E-state index is -0.212. The summed E-state index contributed by atoms with van der Waals surface area (Å²) in [7, 11) is 0. The van der Waals surface area contributed by atoms with Crippen LogP contribution in [0.25, 0.3) is 0 Å². The van der Waals surface area contributed by atoms with E-state index in [0.717, 1.165) is 19.3 Å². The zero-order valence-electron chi connectivity index (χ0n) is 9.39. The third kappa shape index (κ3) is 2.43. The van der Waals surface area contributed by atoms with Crippen LogP contribution in [0.2, 0.25) is 0 Å². The van der Waals surface area contributed by atoms with Gasteiger partial charge in [0.15, 0.2) is 0 Å². The largest absolute Gasteiger partial charge is 0.395 e. The van der Waals surface area contributed by atoms with Gasteiger partial charge in [0.25, 0.3) is 0 Å². The Bertz CT molecular complexity index is 336. The molecule has 0 saturated carbocycles. The lowest BCUT2D eigenvalue weighted by atomic mass is 9.87. The summed E-state index contributed by atoms with van der Waals surface area (Å²) in [5.74, 6) is 0. The Morgan fingerprint density at radius 3 is 2.75 bits per heavy atom. The fourth-order valence-electron chi connectivity index (χ4n) is 2.37. The van der Waals surface area contributed by atoms with Gasteiger partial charge in [0.05, 0.1) is 19.3 Å². The SMILES string of the molecule is OCC(CO)NC1CCCc2ccccc21. The van der Waals surface area contributed by atoms with E-state index in [4.69, 9.17) is 10.2 Å². The molecule has 1 aromatic rings. The summed E-state index contributed by atoms with van der Waals surface area (Å²) in [6, 6.07) is 8.47. The first-order chi connectivity index (χ1) is 7.85. The maximum Gasteiger partial charge on any atom is 0.0607 e. The van der Waals surface area contributed by atoms with E-state index < -0.39 is 0 Å². The summed E-state index contributed by atoms with van der Waals surface area (Å²) in [5.41, 5.74) is 2.71. The van der Waals surface area contributed by atoms with E-state index in [1.54, 1.807) is 0 Å². The number of aryl methyl sites for hydroxylation is 1. The molecule has 1 atom stereocenters. The fourth-order valence-corrected chi connectivity index (χ4v) is 2.37. The molecule has 0 spiro atoms. The Balaban J connectivity index is 2.12. The standard InChI is InChI=1S/C13H19NO2/c15-8-11(9-16)14-13-7-3-5-10-4-1-2-6-12(10)13/h1-2,4,6,11,13-16H,3,5,7-9H2. The fraction of sp³-hybridized carbons (Fsp3) is 0.538. The predicted molar refractivity (Wildman–Crippen MR) is 63.2 cm³/mol. The van der Waals surface area contributed by atoms with Gasteiger partial charge in [-0.3, -0.25) is 0 Å². The third-order valence-electron chi connectivity index (χ3n) is 3.25. The average molecular weight is 221 g/mol. The summed E-state index contributed by atoms with van der Waals surface area (Å²) in [6.07, 6.45) is 3.38. The van der Waals surface area contributed by atoms with Crippen LogP contribution in [0.5, 0.6) is 0 Å². The van der Waals surface area contributed by atoms with Gasteiger partial charge >= 0.3 is 0 Å². The van der Waals surface area contributed by atoms with Crippen molar-refractivity contribution >= 4 is 0 Å². The van der Waals surface area contributed by atoms with Crippen LogP contribution in [0, 0.1) is 0 Å². The number of hydrogen-bond acceptors (Lipinski definition) is 3. The van der Waals surface area contributed by atoms with E-state index in [0.29, 0.717) is 0 Å². The molecule has 0 radical (unpaired) electrons. The molecule has 0 bridgehead atoms. The third-order valence-corrected chi connectivity index (χ3v) is 3.25. The number of aliphatic hydroxyl groups is 2. The second kappa shape index (κ2) is 5.43. The number of nitrogens with one attached hydrogen (secondary N) is 1. The highest BCUT2D eigenvalue weighted by Crippen LogP contribution is 2.29.